The lowest BCUT2D eigenvalue weighted by Crippen LogP contribution is -2.18. The zero-order chi connectivity index (χ0) is 24.5. The van der Waals surface area contributed by atoms with Gasteiger partial charge >= 0.3 is 0 Å². The molecule has 3 rings (SSSR count). The monoisotopic (exact) mass is 463 g/mol. The second kappa shape index (κ2) is 11.7. The average Bonchev–Trinajstić information content (AvgIpc) is 2.84. The molecule has 0 saturated heterocycles. The van der Waals surface area contributed by atoms with E-state index in [1.165, 1.54) is 6.20 Å². The van der Waals surface area contributed by atoms with E-state index in [1.807, 2.05) is 26.0 Å². The Kier molecular flexibility index (Phi) is 8.47. The van der Waals surface area contributed by atoms with E-state index in [2.05, 4.69) is 30.2 Å². The Morgan fingerprint density at radius 3 is 2.76 bits per heavy atom. The molecule has 0 aliphatic rings. The van der Waals surface area contributed by atoms with E-state index in [0.717, 1.165) is 0 Å². The highest BCUT2D eigenvalue weighted by Gasteiger charge is 2.15. The Hall–Kier alpha value is -4.05. The molecule has 0 aliphatic carbocycles. The SMILES string of the molecule is CN=CC(=CN)c1cc(Oc2ccc(-c3cnc(N[C@H](C)CCO)nc3OC)nc2C)ccn1. The van der Waals surface area contributed by atoms with Crippen LogP contribution in [0.25, 0.3) is 16.8 Å². The molecular formula is C24H29N7O3. The fraction of sp³-hybridized carbons (Fsp3) is 0.292. The third-order valence-electron chi connectivity index (χ3n) is 4.90. The molecule has 0 aliphatic heterocycles. The molecule has 0 spiro atoms. The summed E-state index contributed by atoms with van der Waals surface area (Å²) >= 11 is 0. The molecule has 178 valence electrons. The molecule has 0 saturated carbocycles. The van der Waals surface area contributed by atoms with Crippen LogP contribution < -0.4 is 20.5 Å². The first-order chi connectivity index (χ1) is 16.5. The highest BCUT2D eigenvalue weighted by Crippen LogP contribution is 2.31. The van der Waals surface area contributed by atoms with Crippen molar-refractivity contribution in [1.29, 1.82) is 0 Å². The summed E-state index contributed by atoms with van der Waals surface area (Å²) in [5.41, 5.74) is 9.01. The fourth-order valence-electron chi connectivity index (χ4n) is 3.15. The number of hydrogen-bond acceptors (Lipinski definition) is 10. The van der Waals surface area contributed by atoms with E-state index in [9.17, 15) is 0 Å². The van der Waals surface area contributed by atoms with E-state index < -0.39 is 0 Å². The predicted molar refractivity (Wildman–Crippen MR) is 132 cm³/mol. The average molecular weight is 464 g/mol. The molecule has 10 heteroatoms. The first-order valence-electron chi connectivity index (χ1n) is 10.7. The molecule has 10 nitrogen and oxygen atoms in total. The van der Waals surface area contributed by atoms with Gasteiger partial charge in [0.25, 0.3) is 0 Å². The Balaban J connectivity index is 1.83. The largest absolute Gasteiger partial charge is 0.480 e. The lowest BCUT2D eigenvalue weighted by molar-refractivity contribution is 0.282. The van der Waals surface area contributed by atoms with Crippen LogP contribution in [0.15, 0.2) is 47.9 Å². The number of aliphatic hydroxyl groups excluding tert-OH is 1. The summed E-state index contributed by atoms with van der Waals surface area (Å²) in [7, 11) is 3.22. The number of nitrogens with two attached hydrogens (primary N) is 1. The normalized spacial score (nSPS) is 12.6. The van der Waals surface area contributed by atoms with Crippen LogP contribution >= 0.6 is 0 Å². The van der Waals surface area contributed by atoms with Crippen molar-refractivity contribution in [3.63, 3.8) is 0 Å². The van der Waals surface area contributed by atoms with Crippen molar-refractivity contribution >= 4 is 17.7 Å². The summed E-state index contributed by atoms with van der Waals surface area (Å²) in [6.07, 6.45) is 6.98. The predicted octanol–water partition coefficient (Wildman–Crippen LogP) is 3.23. The maximum Gasteiger partial charge on any atom is 0.227 e. The van der Waals surface area contributed by atoms with Gasteiger partial charge in [0, 0.05) is 56.1 Å². The van der Waals surface area contributed by atoms with Gasteiger partial charge in [0.05, 0.1) is 29.8 Å². The van der Waals surface area contributed by atoms with Gasteiger partial charge in [0.1, 0.15) is 11.5 Å². The number of aromatic nitrogens is 4. The van der Waals surface area contributed by atoms with Crippen molar-refractivity contribution in [2.75, 3.05) is 26.1 Å². The summed E-state index contributed by atoms with van der Waals surface area (Å²) in [4.78, 5) is 21.8. The molecule has 3 heterocycles. The Morgan fingerprint density at radius 1 is 1.26 bits per heavy atom. The zero-order valence-corrected chi connectivity index (χ0v) is 19.7. The number of hydrogen-bond donors (Lipinski definition) is 3. The quantitative estimate of drug-likeness (QED) is 0.386. The number of ether oxygens (including phenoxy) is 2. The Bertz CT molecular complexity index is 1180. The second-order valence-corrected chi connectivity index (χ2v) is 7.44. The number of rotatable bonds is 10. The van der Waals surface area contributed by atoms with Gasteiger partial charge in [-0.25, -0.2) is 9.97 Å². The van der Waals surface area contributed by atoms with E-state index in [0.29, 0.717) is 58.0 Å². The highest BCUT2D eigenvalue weighted by atomic mass is 16.5. The van der Waals surface area contributed by atoms with Gasteiger partial charge in [-0.3, -0.25) is 9.98 Å². The van der Waals surface area contributed by atoms with Crippen molar-refractivity contribution in [2.24, 2.45) is 10.7 Å². The standard InChI is InChI=1S/C24H29N7O3/c1-15(8-10-32)29-24-28-14-19(23(31-24)33-4)20-5-6-22(16(2)30-20)34-18-7-9-27-21(11-18)17(12-25)13-26-3/h5-7,9,11-15,32H,8,10,25H2,1-4H3,(H,28,29,31)/t15-/m1/s1. The van der Waals surface area contributed by atoms with Crippen molar-refractivity contribution in [1.82, 2.24) is 19.9 Å². The summed E-state index contributed by atoms with van der Waals surface area (Å²) in [6.45, 7) is 3.88. The highest BCUT2D eigenvalue weighted by molar-refractivity contribution is 6.08. The number of anilines is 1. The number of nitrogens with one attached hydrogen (secondary N) is 1. The molecule has 1 atom stereocenters. The van der Waals surface area contributed by atoms with E-state index in [1.54, 1.807) is 44.9 Å². The van der Waals surface area contributed by atoms with Crippen molar-refractivity contribution in [3.8, 4) is 28.6 Å². The van der Waals surface area contributed by atoms with E-state index >= 15 is 0 Å². The first kappa shape index (κ1) is 24.6. The van der Waals surface area contributed by atoms with Crippen LogP contribution in [0.3, 0.4) is 0 Å². The molecule has 4 N–H and O–H groups in total. The minimum absolute atomic E-state index is 0.0248. The molecule has 0 unspecified atom stereocenters. The summed E-state index contributed by atoms with van der Waals surface area (Å²) < 4.78 is 11.5. The van der Waals surface area contributed by atoms with Crippen LogP contribution in [0.1, 0.15) is 24.7 Å². The molecule has 34 heavy (non-hydrogen) atoms. The van der Waals surface area contributed by atoms with E-state index in [-0.39, 0.29) is 12.6 Å². The topological polar surface area (TPSA) is 141 Å². The number of pyridine rings is 2. The number of aryl methyl sites for hydroxylation is 1. The smallest absolute Gasteiger partial charge is 0.227 e. The Labute approximate surface area is 198 Å². The minimum Gasteiger partial charge on any atom is -0.480 e. The van der Waals surface area contributed by atoms with Crippen LogP contribution in [0, 0.1) is 6.92 Å². The summed E-state index contributed by atoms with van der Waals surface area (Å²) in [5, 5.41) is 12.2. The fourth-order valence-corrected chi connectivity index (χ4v) is 3.15. The summed E-state index contributed by atoms with van der Waals surface area (Å²) in [6, 6.07) is 7.22. The van der Waals surface area contributed by atoms with Gasteiger partial charge in [-0.2, -0.15) is 4.98 Å². The Morgan fingerprint density at radius 2 is 2.09 bits per heavy atom. The number of aliphatic imine (C=N–C) groups is 1. The van der Waals surface area contributed by atoms with Crippen molar-refractivity contribution in [2.45, 2.75) is 26.3 Å². The van der Waals surface area contributed by atoms with Crippen molar-refractivity contribution in [3.05, 3.63) is 54.2 Å². The van der Waals surface area contributed by atoms with Gasteiger partial charge in [-0.05, 0) is 38.5 Å². The maximum atomic E-state index is 9.08. The van der Waals surface area contributed by atoms with Crippen LogP contribution in [-0.2, 0) is 0 Å². The number of allylic oxidation sites excluding steroid dienone is 1. The minimum atomic E-state index is 0.0248. The number of methoxy groups -OCH3 is 1. The molecule has 0 bridgehead atoms. The van der Waals surface area contributed by atoms with E-state index in [4.69, 9.17) is 20.3 Å². The van der Waals surface area contributed by atoms with Gasteiger partial charge in [-0.1, -0.05) is 0 Å². The van der Waals surface area contributed by atoms with Gasteiger partial charge < -0.3 is 25.6 Å². The zero-order valence-electron chi connectivity index (χ0n) is 19.7. The van der Waals surface area contributed by atoms with Crippen LogP contribution in [-0.4, -0.2) is 58.1 Å². The van der Waals surface area contributed by atoms with Crippen molar-refractivity contribution < 1.29 is 14.6 Å². The second-order valence-electron chi connectivity index (χ2n) is 7.44. The van der Waals surface area contributed by atoms with Crippen LogP contribution in [0.2, 0.25) is 0 Å². The molecule has 0 aromatic carbocycles. The molecular weight excluding hydrogens is 434 g/mol. The maximum absolute atomic E-state index is 9.08. The molecule has 0 radical (unpaired) electrons. The van der Waals surface area contributed by atoms with Gasteiger partial charge in [-0.15, -0.1) is 0 Å². The van der Waals surface area contributed by atoms with Crippen LogP contribution in [0.4, 0.5) is 5.95 Å². The number of aliphatic hydroxyl groups is 1. The third kappa shape index (κ3) is 6.04. The third-order valence-corrected chi connectivity index (χ3v) is 4.90. The molecule has 3 aromatic heterocycles. The lowest BCUT2D eigenvalue weighted by Gasteiger charge is -2.15. The molecule has 0 amide bonds. The number of nitrogens with zero attached hydrogens (tertiary/aromatic N) is 5. The summed E-state index contributed by atoms with van der Waals surface area (Å²) in [5.74, 6) is 2.01. The van der Waals surface area contributed by atoms with Gasteiger partial charge in [0.15, 0.2) is 0 Å². The first-order valence-corrected chi connectivity index (χ1v) is 10.7. The van der Waals surface area contributed by atoms with Gasteiger partial charge in [0.2, 0.25) is 11.8 Å². The van der Waals surface area contributed by atoms with Crippen LogP contribution in [0.5, 0.6) is 17.4 Å². The lowest BCUT2D eigenvalue weighted by atomic mass is 10.2. The molecule has 0 fully saturated rings. The molecule has 3 aromatic rings.